The van der Waals surface area contributed by atoms with Crippen molar-refractivity contribution < 1.29 is 19.4 Å². The molecule has 1 fully saturated rings. The Balaban J connectivity index is 1.63. The first-order valence-electron chi connectivity index (χ1n) is 9.87. The zero-order valence-corrected chi connectivity index (χ0v) is 18.3. The number of nitrogens with zero attached hydrogens (tertiary/aromatic N) is 1. The van der Waals surface area contributed by atoms with Crippen molar-refractivity contribution in [3.05, 3.63) is 59.1 Å². The molecule has 0 unspecified atom stereocenters. The number of carbonyl (C=O) groups is 2. The maximum Gasteiger partial charge on any atom is 0.306 e. The summed E-state index contributed by atoms with van der Waals surface area (Å²) < 4.78 is 5.67. The number of hydrogen-bond acceptors (Lipinski definition) is 4. The summed E-state index contributed by atoms with van der Waals surface area (Å²) in [6.45, 7) is 3.48. The minimum Gasteiger partial charge on any atom is -0.493 e. The van der Waals surface area contributed by atoms with Gasteiger partial charge in [-0.3, -0.25) is 9.59 Å². The van der Waals surface area contributed by atoms with Crippen LogP contribution in [0.1, 0.15) is 25.3 Å². The molecule has 1 heterocycles. The number of carbonyl (C=O) groups excluding carboxylic acids is 1. The first-order chi connectivity index (χ1) is 14.5. The van der Waals surface area contributed by atoms with Crippen molar-refractivity contribution in [1.29, 1.82) is 0 Å². The smallest absolute Gasteiger partial charge is 0.306 e. The Morgan fingerprint density at radius 3 is 2.60 bits per heavy atom. The molecule has 2 aromatic carbocycles. The van der Waals surface area contributed by atoms with Crippen LogP contribution < -0.4 is 4.74 Å². The number of piperidine rings is 1. The lowest BCUT2D eigenvalue weighted by Crippen LogP contribution is -2.39. The molecular weight excluding hydrogens is 422 g/mol. The second-order valence-electron chi connectivity index (χ2n) is 6.94. The van der Waals surface area contributed by atoms with Crippen LogP contribution in [-0.2, 0) is 9.59 Å². The second kappa shape index (κ2) is 10.5. The quantitative estimate of drug-likeness (QED) is 0.591. The molecule has 0 saturated carbocycles. The van der Waals surface area contributed by atoms with Crippen LogP contribution in [0.25, 0.3) is 6.08 Å². The van der Waals surface area contributed by atoms with Gasteiger partial charge >= 0.3 is 5.97 Å². The lowest BCUT2D eigenvalue weighted by Gasteiger charge is -2.29. The van der Waals surface area contributed by atoms with Crippen LogP contribution in [0.15, 0.2) is 58.3 Å². The van der Waals surface area contributed by atoms with Crippen LogP contribution in [-0.4, -0.2) is 41.6 Å². The van der Waals surface area contributed by atoms with Gasteiger partial charge in [0, 0.05) is 24.1 Å². The number of benzene rings is 2. The number of halogens is 1. The summed E-state index contributed by atoms with van der Waals surface area (Å²) in [6.07, 6.45) is 4.25. The highest BCUT2D eigenvalue weighted by molar-refractivity contribution is 7.99. The van der Waals surface area contributed by atoms with Gasteiger partial charge < -0.3 is 14.7 Å². The van der Waals surface area contributed by atoms with Crippen LogP contribution >= 0.6 is 23.4 Å². The van der Waals surface area contributed by atoms with Crippen molar-refractivity contribution in [2.24, 2.45) is 5.92 Å². The molecule has 0 spiro atoms. The van der Waals surface area contributed by atoms with E-state index in [0.29, 0.717) is 37.6 Å². The summed E-state index contributed by atoms with van der Waals surface area (Å²) in [6, 6.07) is 13.5. The summed E-state index contributed by atoms with van der Waals surface area (Å²) in [4.78, 5) is 27.0. The van der Waals surface area contributed by atoms with Gasteiger partial charge in [-0.1, -0.05) is 41.6 Å². The van der Waals surface area contributed by atoms with E-state index in [1.54, 1.807) is 11.0 Å². The fourth-order valence-electron chi connectivity index (χ4n) is 3.25. The Bertz CT molecular complexity index is 939. The Labute approximate surface area is 185 Å². The summed E-state index contributed by atoms with van der Waals surface area (Å²) in [5, 5.41) is 9.66. The molecule has 30 heavy (non-hydrogen) atoms. The van der Waals surface area contributed by atoms with Gasteiger partial charge in [0.05, 0.1) is 22.4 Å². The summed E-state index contributed by atoms with van der Waals surface area (Å²) in [7, 11) is 0. The minimum absolute atomic E-state index is 0.112. The molecule has 0 radical (unpaired) electrons. The maximum absolute atomic E-state index is 12.4. The SMILES string of the molecule is CCOc1ccccc1Sc1ccc(/C=C/C(=O)N2CCC(C(=O)O)CC2)cc1Cl. The van der Waals surface area contributed by atoms with E-state index < -0.39 is 5.97 Å². The van der Waals surface area contributed by atoms with Gasteiger partial charge in [0.2, 0.25) is 5.91 Å². The van der Waals surface area contributed by atoms with E-state index in [0.717, 1.165) is 21.1 Å². The highest BCUT2D eigenvalue weighted by atomic mass is 35.5. The average molecular weight is 446 g/mol. The third-order valence-corrected chi connectivity index (χ3v) is 6.46. The topological polar surface area (TPSA) is 66.8 Å². The van der Waals surface area contributed by atoms with Crippen molar-refractivity contribution in [2.45, 2.75) is 29.6 Å². The van der Waals surface area contributed by atoms with E-state index in [1.165, 1.54) is 17.8 Å². The summed E-state index contributed by atoms with van der Waals surface area (Å²) >= 11 is 8.01. The molecule has 1 aliphatic heterocycles. The predicted molar refractivity (Wildman–Crippen MR) is 119 cm³/mol. The van der Waals surface area contributed by atoms with Crippen molar-refractivity contribution in [3.8, 4) is 5.75 Å². The summed E-state index contributed by atoms with van der Waals surface area (Å²) in [5.74, 6) is -0.426. The standard InChI is InChI=1S/C23H24ClNO4S/c1-2-29-19-5-3-4-6-21(19)30-20-9-7-16(15-18(20)24)8-10-22(26)25-13-11-17(12-14-25)23(27)28/h3-10,15,17H,2,11-14H2,1H3,(H,27,28)/b10-8+. The molecule has 0 bridgehead atoms. The Hall–Kier alpha value is -2.44. The number of aliphatic carboxylic acids is 1. The number of amides is 1. The first kappa shape index (κ1) is 22.2. The van der Waals surface area contributed by atoms with E-state index in [9.17, 15) is 9.59 Å². The molecule has 1 amide bonds. The molecule has 3 rings (SSSR count). The third kappa shape index (κ3) is 5.80. The van der Waals surface area contributed by atoms with Crippen LogP contribution in [0.5, 0.6) is 5.75 Å². The van der Waals surface area contributed by atoms with Crippen LogP contribution in [0.2, 0.25) is 5.02 Å². The minimum atomic E-state index is -0.783. The zero-order valence-electron chi connectivity index (χ0n) is 16.7. The second-order valence-corrected chi connectivity index (χ2v) is 8.43. The number of hydrogen-bond donors (Lipinski definition) is 1. The third-order valence-electron chi connectivity index (χ3n) is 4.90. The van der Waals surface area contributed by atoms with E-state index in [2.05, 4.69) is 0 Å². The number of rotatable bonds is 7. The molecule has 1 aliphatic rings. The molecule has 1 saturated heterocycles. The molecule has 2 aromatic rings. The van der Waals surface area contributed by atoms with Crippen molar-refractivity contribution in [3.63, 3.8) is 0 Å². The predicted octanol–water partition coefficient (Wildman–Crippen LogP) is 5.23. The largest absolute Gasteiger partial charge is 0.493 e. The number of ether oxygens (including phenoxy) is 1. The molecular formula is C23H24ClNO4S. The van der Waals surface area contributed by atoms with Crippen LogP contribution in [0.4, 0.5) is 0 Å². The lowest BCUT2D eigenvalue weighted by molar-refractivity contribution is -0.144. The molecule has 158 valence electrons. The fourth-order valence-corrected chi connectivity index (χ4v) is 4.46. The fraction of sp³-hybridized carbons (Fsp3) is 0.304. The van der Waals surface area contributed by atoms with Crippen LogP contribution in [0, 0.1) is 5.92 Å². The van der Waals surface area contributed by atoms with Gasteiger partial charge in [0.15, 0.2) is 0 Å². The molecule has 0 aliphatic carbocycles. The Morgan fingerprint density at radius 2 is 1.93 bits per heavy atom. The van der Waals surface area contributed by atoms with E-state index in [4.69, 9.17) is 21.4 Å². The molecule has 5 nitrogen and oxygen atoms in total. The number of carboxylic acids is 1. The molecule has 7 heteroatoms. The van der Waals surface area contributed by atoms with E-state index in [1.807, 2.05) is 49.4 Å². The van der Waals surface area contributed by atoms with E-state index >= 15 is 0 Å². The van der Waals surface area contributed by atoms with Gasteiger partial charge in [-0.25, -0.2) is 0 Å². The highest BCUT2D eigenvalue weighted by Crippen LogP contribution is 2.38. The molecule has 1 N–H and O–H groups in total. The maximum atomic E-state index is 12.4. The Kier molecular flexibility index (Phi) is 7.82. The number of para-hydroxylation sites is 1. The normalized spacial score (nSPS) is 14.8. The van der Waals surface area contributed by atoms with Gasteiger partial charge in [-0.2, -0.15) is 0 Å². The van der Waals surface area contributed by atoms with Gasteiger partial charge in [0.25, 0.3) is 0 Å². The highest BCUT2D eigenvalue weighted by Gasteiger charge is 2.25. The van der Waals surface area contributed by atoms with Gasteiger partial charge in [-0.05, 0) is 55.7 Å². The summed E-state index contributed by atoms with van der Waals surface area (Å²) in [5.41, 5.74) is 0.830. The van der Waals surface area contributed by atoms with Crippen molar-refractivity contribution in [1.82, 2.24) is 4.90 Å². The van der Waals surface area contributed by atoms with Crippen molar-refractivity contribution >= 4 is 41.3 Å². The first-order valence-corrected chi connectivity index (χ1v) is 11.1. The average Bonchev–Trinajstić information content (AvgIpc) is 2.75. The van der Waals surface area contributed by atoms with E-state index in [-0.39, 0.29) is 11.8 Å². The van der Waals surface area contributed by atoms with Crippen LogP contribution in [0.3, 0.4) is 0 Å². The van der Waals surface area contributed by atoms with Gasteiger partial charge in [0.1, 0.15) is 5.75 Å². The monoisotopic (exact) mass is 445 g/mol. The number of likely N-dealkylation sites (tertiary alicyclic amines) is 1. The molecule has 0 aromatic heterocycles. The lowest BCUT2D eigenvalue weighted by atomic mass is 9.97. The molecule has 0 atom stereocenters. The van der Waals surface area contributed by atoms with Crippen molar-refractivity contribution in [2.75, 3.05) is 19.7 Å². The Morgan fingerprint density at radius 1 is 1.20 bits per heavy atom. The zero-order chi connectivity index (χ0) is 21.5. The number of carboxylic acid groups (broad SMARTS) is 1. The van der Waals surface area contributed by atoms with Gasteiger partial charge in [-0.15, -0.1) is 0 Å².